The van der Waals surface area contributed by atoms with E-state index in [0.717, 1.165) is 9.87 Å². The Morgan fingerprint density at radius 3 is 2.06 bits per heavy atom. The first kappa shape index (κ1) is 38.6. The standard InChI is InChI=1S/C36H38Cl3N3O7S/c1-5-18-40-36(44)31(19-24-10-7-6-8-11-24)41(22-27-28(38)12-9-13-29(27)39)35(43)23-42(30-20-25(37)14-16-32(30)47-2)50(45,46)26-15-17-33(48-3)34(21-26)49-4/h6-17,20-21,31H,5,18-19,22-23H2,1-4H3,(H,40,44)/t31-/m1/s1. The van der Waals surface area contributed by atoms with Crippen LogP contribution < -0.4 is 23.8 Å². The number of anilines is 1. The fourth-order valence-corrected chi connectivity index (χ4v) is 7.37. The Morgan fingerprint density at radius 2 is 1.44 bits per heavy atom. The van der Waals surface area contributed by atoms with Gasteiger partial charge in [0.1, 0.15) is 18.3 Å². The molecule has 1 N–H and O–H groups in total. The molecule has 50 heavy (non-hydrogen) atoms. The van der Waals surface area contributed by atoms with Crippen LogP contribution in [0.25, 0.3) is 0 Å². The first-order valence-electron chi connectivity index (χ1n) is 15.6. The fraction of sp³-hybridized carbons (Fsp3) is 0.278. The van der Waals surface area contributed by atoms with Crippen molar-refractivity contribution in [2.24, 2.45) is 0 Å². The highest BCUT2D eigenvalue weighted by Crippen LogP contribution is 2.37. The molecule has 4 aromatic rings. The number of ether oxygens (including phenoxy) is 3. The van der Waals surface area contributed by atoms with Crippen LogP contribution in [0.1, 0.15) is 24.5 Å². The summed E-state index contributed by atoms with van der Waals surface area (Å²) in [5, 5.41) is 3.64. The second-order valence-corrected chi connectivity index (χ2v) is 14.2. The molecule has 14 heteroatoms. The van der Waals surface area contributed by atoms with E-state index in [4.69, 9.17) is 49.0 Å². The topological polar surface area (TPSA) is 114 Å². The zero-order valence-corrected chi connectivity index (χ0v) is 31.1. The Balaban J connectivity index is 1.91. The summed E-state index contributed by atoms with van der Waals surface area (Å²) < 4.78 is 46.3. The monoisotopic (exact) mass is 761 g/mol. The van der Waals surface area contributed by atoms with Gasteiger partial charge in [0.25, 0.3) is 10.0 Å². The van der Waals surface area contributed by atoms with Crippen LogP contribution in [-0.2, 0) is 32.6 Å². The van der Waals surface area contributed by atoms with E-state index < -0.39 is 34.4 Å². The minimum absolute atomic E-state index is 0.00564. The van der Waals surface area contributed by atoms with Crippen molar-refractivity contribution in [3.8, 4) is 17.2 Å². The molecule has 266 valence electrons. The normalized spacial score (nSPS) is 11.7. The predicted molar refractivity (Wildman–Crippen MR) is 196 cm³/mol. The molecule has 0 fully saturated rings. The number of hydrogen-bond donors (Lipinski definition) is 1. The average Bonchev–Trinajstić information content (AvgIpc) is 3.11. The maximum Gasteiger partial charge on any atom is 0.265 e. The summed E-state index contributed by atoms with van der Waals surface area (Å²) in [5.74, 6) is -0.558. The number of benzene rings is 4. The van der Waals surface area contributed by atoms with Crippen molar-refractivity contribution < 1.29 is 32.2 Å². The van der Waals surface area contributed by atoms with Crippen LogP contribution in [-0.4, -0.2) is 65.6 Å². The Hall–Kier alpha value is -4.16. The van der Waals surface area contributed by atoms with Gasteiger partial charge in [-0.1, -0.05) is 78.1 Å². The van der Waals surface area contributed by atoms with Crippen molar-refractivity contribution in [2.75, 3.05) is 38.7 Å². The Kier molecular flexibility index (Phi) is 13.7. The first-order valence-corrected chi connectivity index (χ1v) is 18.1. The van der Waals surface area contributed by atoms with E-state index in [1.807, 2.05) is 37.3 Å². The molecule has 0 spiro atoms. The van der Waals surface area contributed by atoms with E-state index >= 15 is 0 Å². The van der Waals surface area contributed by atoms with Gasteiger partial charge in [-0.15, -0.1) is 0 Å². The number of hydrogen-bond acceptors (Lipinski definition) is 7. The lowest BCUT2D eigenvalue weighted by molar-refractivity contribution is -0.140. The number of halogens is 3. The van der Waals surface area contributed by atoms with Gasteiger partial charge in [0.15, 0.2) is 11.5 Å². The van der Waals surface area contributed by atoms with Crippen molar-refractivity contribution in [1.82, 2.24) is 10.2 Å². The predicted octanol–water partition coefficient (Wildman–Crippen LogP) is 7.03. The van der Waals surface area contributed by atoms with Crippen molar-refractivity contribution >= 4 is 62.3 Å². The SMILES string of the molecule is CCCNC(=O)[C@@H](Cc1ccccc1)N(Cc1c(Cl)cccc1Cl)C(=O)CN(c1cc(Cl)ccc1OC)S(=O)(=O)c1ccc(OC)c(OC)c1. The van der Waals surface area contributed by atoms with Crippen LogP contribution >= 0.6 is 34.8 Å². The van der Waals surface area contributed by atoms with Crippen LogP contribution in [0.4, 0.5) is 5.69 Å². The summed E-state index contributed by atoms with van der Waals surface area (Å²) >= 11 is 19.6. The molecule has 0 radical (unpaired) electrons. The van der Waals surface area contributed by atoms with Crippen molar-refractivity contribution in [1.29, 1.82) is 0 Å². The molecule has 0 unspecified atom stereocenters. The van der Waals surface area contributed by atoms with Crippen LogP contribution in [0.3, 0.4) is 0 Å². The van der Waals surface area contributed by atoms with Crippen molar-refractivity contribution in [3.05, 3.63) is 111 Å². The van der Waals surface area contributed by atoms with Gasteiger partial charge in [0, 0.05) is 46.2 Å². The number of carbonyl (C=O) groups is 2. The number of nitrogens with zero attached hydrogens (tertiary/aromatic N) is 2. The molecule has 0 saturated heterocycles. The molecule has 0 saturated carbocycles. The van der Waals surface area contributed by atoms with Gasteiger partial charge < -0.3 is 24.4 Å². The van der Waals surface area contributed by atoms with E-state index in [2.05, 4.69) is 5.32 Å². The van der Waals surface area contributed by atoms with Crippen molar-refractivity contribution in [3.63, 3.8) is 0 Å². The summed E-state index contributed by atoms with van der Waals surface area (Å²) in [6.07, 6.45) is 0.771. The van der Waals surface area contributed by atoms with Crippen LogP contribution in [0.5, 0.6) is 17.2 Å². The Morgan fingerprint density at radius 1 is 0.800 bits per heavy atom. The number of sulfonamides is 1. The molecule has 4 rings (SSSR count). The molecule has 2 amide bonds. The Bertz CT molecular complexity index is 1890. The van der Waals surface area contributed by atoms with Crippen molar-refractivity contribution in [2.45, 2.75) is 37.2 Å². The average molecular weight is 763 g/mol. The maximum absolute atomic E-state index is 14.8. The molecule has 10 nitrogen and oxygen atoms in total. The van der Waals surface area contributed by atoms with E-state index in [1.165, 1.54) is 62.6 Å². The van der Waals surface area contributed by atoms with Gasteiger partial charge >= 0.3 is 0 Å². The first-order chi connectivity index (χ1) is 23.9. The summed E-state index contributed by atoms with van der Waals surface area (Å²) in [7, 11) is -0.363. The Labute approximate surface area is 307 Å². The van der Waals surface area contributed by atoms with Gasteiger partial charge in [-0.3, -0.25) is 13.9 Å². The molecular weight excluding hydrogens is 725 g/mol. The van der Waals surface area contributed by atoms with Crippen LogP contribution in [0.15, 0.2) is 89.8 Å². The molecular formula is C36H38Cl3N3O7S. The molecule has 0 heterocycles. The lowest BCUT2D eigenvalue weighted by Gasteiger charge is -2.34. The minimum atomic E-state index is -4.54. The molecule has 4 aromatic carbocycles. The molecule has 0 aliphatic rings. The third-order valence-corrected chi connectivity index (χ3v) is 10.5. The zero-order valence-electron chi connectivity index (χ0n) is 28.0. The van der Waals surface area contributed by atoms with Gasteiger partial charge in [-0.05, 0) is 54.4 Å². The van der Waals surface area contributed by atoms with Gasteiger partial charge in [0.2, 0.25) is 11.8 Å². The highest BCUT2D eigenvalue weighted by molar-refractivity contribution is 7.92. The summed E-state index contributed by atoms with van der Waals surface area (Å²) in [4.78, 5) is 29.8. The molecule has 0 aromatic heterocycles. The smallest absolute Gasteiger partial charge is 0.265 e. The maximum atomic E-state index is 14.8. The lowest BCUT2D eigenvalue weighted by Crippen LogP contribution is -2.53. The number of amides is 2. The van der Waals surface area contributed by atoms with Crippen LogP contribution in [0.2, 0.25) is 15.1 Å². The third kappa shape index (κ3) is 9.14. The van der Waals surface area contributed by atoms with Gasteiger partial charge in [-0.2, -0.15) is 0 Å². The third-order valence-electron chi connectivity index (χ3n) is 7.84. The number of rotatable bonds is 16. The lowest BCUT2D eigenvalue weighted by atomic mass is 10.0. The quantitative estimate of drug-likeness (QED) is 0.130. The molecule has 1 atom stereocenters. The molecule has 0 aliphatic heterocycles. The highest BCUT2D eigenvalue weighted by atomic mass is 35.5. The minimum Gasteiger partial charge on any atom is -0.495 e. The summed E-state index contributed by atoms with van der Waals surface area (Å²) in [6, 6.07) is 21.5. The highest BCUT2D eigenvalue weighted by Gasteiger charge is 2.36. The van der Waals surface area contributed by atoms with E-state index in [0.29, 0.717) is 24.3 Å². The summed E-state index contributed by atoms with van der Waals surface area (Å²) in [5.41, 5.74) is 1.16. The number of carbonyl (C=O) groups excluding carboxylic acids is 2. The molecule has 0 aliphatic carbocycles. The van der Waals surface area contributed by atoms with Crippen LogP contribution in [0, 0.1) is 0 Å². The number of nitrogens with one attached hydrogen (secondary N) is 1. The van der Waals surface area contributed by atoms with E-state index in [-0.39, 0.29) is 50.1 Å². The number of methoxy groups -OCH3 is 3. The van der Waals surface area contributed by atoms with E-state index in [9.17, 15) is 18.0 Å². The van der Waals surface area contributed by atoms with Gasteiger partial charge in [0.05, 0.1) is 31.9 Å². The van der Waals surface area contributed by atoms with Gasteiger partial charge in [-0.25, -0.2) is 8.42 Å². The summed E-state index contributed by atoms with van der Waals surface area (Å²) in [6.45, 7) is 1.31. The second-order valence-electron chi connectivity index (χ2n) is 11.1. The largest absolute Gasteiger partial charge is 0.495 e. The molecule has 0 bridgehead atoms. The fourth-order valence-electron chi connectivity index (χ4n) is 5.25. The van der Waals surface area contributed by atoms with E-state index in [1.54, 1.807) is 18.2 Å². The second kappa shape index (κ2) is 17.7. The zero-order chi connectivity index (χ0) is 36.4.